The van der Waals surface area contributed by atoms with Crippen molar-refractivity contribution in [2.75, 3.05) is 5.75 Å². The van der Waals surface area contributed by atoms with Crippen LogP contribution in [0.25, 0.3) is 16.9 Å². The first kappa shape index (κ1) is 16.5. The first-order valence-electron chi connectivity index (χ1n) is 8.37. The molecule has 0 unspecified atom stereocenters. The number of rotatable bonds is 6. The van der Waals surface area contributed by atoms with Gasteiger partial charge in [0.1, 0.15) is 6.33 Å². The van der Waals surface area contributed by atoms with Crippen LogP contribution in [0, 0.1) is 0 Å². The van der Waals surface area contributed by atoms with Gasteiger partial charge in [-0.3, -0.25) is 4.79 Å². The third kappa shape index (κ3) is 3.39. The highest BCUT2D eigenvalue weighted by molar-refractivity contribution is 7.99. The van der Waals surface area contributed by atoms with Crippen LogP contribution in [0.3, 0.4) is 0 Å². The van der Waals surface area contributed by atoms with Gasteiger partial charge >= 0.3 is 0 Å². The molecule has 0 saturated carbocycles. The van der Waals surface area contributed by atoms with Gasteiger partial charge in [0, 0.05) is 5.75 Å². The number of thioether (sulfide) groups is 1. The second-order valence-electron chi connectivity index (χ2n) is 5.80. The lowest BCUT2D eigenvalue weighted by Crippen LogP contribution is -2.23. The van der Waals surface area contributed by atoms with Crippen LogP contribution in [0.15, 0.2) is 70.9 Å². The predicted molar refractivity (Wildman–Crippen MR) is 103 cm³/mol. The number of nitrogens with zero attached hydrogens (tertiary/aromatic N) is 4. The van der Waals surface area contributed by atoms with Gasteiger partial charge in [0.25, 0.3) is 5.56 Å². The summed E-state index contributed by atoms with van der Waals surface area (Å²) in [4.78, 5) is 21.7. The Morgan fingerprint density at radius 3 is 2.65 bits per heavy atom. The Kier molecular flexibility index (Phi) is 4.79. The second kappa shape index (κ2) is 7.53. The molecule has 0 aliphatic heterocycles. The number of fused-ring (bicyclic) bond motifs is 1. The Morgan fingerprint density at radius 2 is 1.85 bits per heavy atom. The first-order valence-corrected chi connectivity index (χ1v) is 9.36. The summed E-state index contributed by atoms with van der Waals surface area (Å²) in [6.07, 6.45) is 3.38. The zero-order valence-corrected chi connectivity index (χ0v) is 14.8. The van der Waals surface area contributed by atoms with Crippen LogP contribution in [0.4, 0.5) is 0 Å². The lowest BCUT2D eigenvalue weighted by molar-refractivity contribution is 0.769. The molecule has 4 rings (SSSR count). The van der Waals surface area contributed by atoms with Gasteiger partial charge in [0.2, 0.25) is 5.95 Å². The number of nitrogens with one attached hydrogen (secondary N) is 1. The Hall–Kier alpha value is -2.93. The molecule has 26 heavy (non-hydrogen) atoms. The molecule has 7 heteroatoms. The molecule has 2 aromatic heterocycles. The molecule has 6 nitrogen and oxygen atoms in total. The molecule has 0 amide bonds. The summed E-state index contributed by atoms with van der Waals surface area (Å²) in [6, 6.07) is 17.7. The maximum atomic E-state index is 12.9. The third-order valence-corrected chi connectivity index (χ3v) is 5.07. The number of aromatic nitrogens is 5. The molecule has 0 spiro atoms. The van der Waals surface area contributed by atoms with E-state index in [0.29, 0.717) is 22.0 Å². The maximum absolute atomic E-state index is 12.9. The Morgan fingerprint density at radius 1 is 1.04 bits per heavy atom. The van der Waals surface area contributed by atoms with Crippen molar-refractivity contribution in [2.45, 2.75) is 18.0 Å². The lowest BCUT2D eigenvalue weighted by atomic mass is 10.1. The SMILES string of the molecule is O=c1c2ccccc2nc(SCCCc2ccccc2)n1-c1ncn[nH]1. The van der Waals surface area contributed by atoms with Crippen molar-refractivity contribution in [2.24, 2.45) is 0 Å². The second-order valence-corrected chi connectivity index (χ2v) is 6.86. The smallest absolute Gasteiger partial charge is 0.268 e. The fourth-order valence-electron chi connectivity index (χ4n) is 2.79. The number of H-pyrrole nitrogens is 1. The topological polar surface area (TPSA) is 76.5 Å². The summed E-state index contributed by atoms with van der Waals surface area (Å²) >= 11 is 1.56. The lowest BCUT2D eigenvalue weighted by Gasteiger charge is -2.10. The molecule has 2 heterocycles. The summed E-state index contributed by atoms with van der Waals surface area (Å²) in [5, 5.41) is 7.82. The molecular formula is C19H17N5OS. The van der Waals surface area contributed by atoms with Crippen LogP contribution in [0.1, 0.15) is 12.0 Å². The van der Waals surface area contributed by atoms with E-state index in [1.165, 1.54) is 16.5 Å². The minimum absolute atomic E-state index is 0.141. The molecule has 0 bridgehead atoms. The fourth-order valence-corrected chi connectivity index (χ4v) is 3.72. The van der Waals surface area contributed by atoms with Crippen molar-refractivity contribution in [1.29, 1.82) is 0 Å². The minimum Gasteiger partial charge on any atom is -0.268 e. The Balaban J connectivity index is 1.61. The number of aryl methyl sites for hydroxylation is 1. The van der Waals surface area contributed by atoms with Crippen LogP contribution in [-0.2, 0) is 6.42 Å². The van der Waals surface area contributed by atoms with Gasteiger partial charge in [-0.1, -0.05) is 54.2 Å². The molecule has 2 aromatic carbocycles. The van der Waals surface area contributed by atoms with Crippen LogP contribution in [-0.4, -0.2) is 30.5 Å². The predicted octanol–water partition coefficient (Wildman–Crippen LogP) is 3.23. The Labute approximate surface area is 154 Å². The average Bonchev–Trinajstić information content (AvgIpc) is 3.20. The standard InChI is InChI=1S/C19H17N5OS/c25-17-15-10-4-5-11-16(15)22-19(24(17)18-20-13-21-23-18)26-12-6-9-14-7-2-1-3-8-14/h1-5,7-8,10-11,13H,6,9,12H2,(H,20,21,23). The van der Waals surface area contributed by atoms with E-state index in [4.69, 9.17) is 0 Å². The van der Waals surface area contributed by atoms with E-state index in [2.05, 4.69) is 44.4 Å². The summed E-state index contributed by atoms with van der Waals surface area (Å²) in [6.45, 7) is 0. The number of benzene rings is 2. The van der Waals surface area contributed by atoms with E-state index in [1.807, 2.05) is 24.3 Å². The van der Waals surface area contributed by atoms with Crippen LogP contribution >= 0.6 is 11.8 Å². The van der Waals surface area contributed by atoms with Crippen molar-refractivity contribution in [3.8, 4) is 5.95 Å². The van der Waals surface area contributed by atoms with Crippen molar-refractivity contribution in [1.82, 2.24) is 24.7 Å². The molecular weight excluding hydrogens is 346 g/mol. The monoisotopic (exact) mass is 363 g/mol. The van der Waals surface area contributed by atoms with Gasteiger partial charge in [-0.2, -0.15) is 10.1 Å². The molecule has 1 N–H and O–H groups in total. The third-order valence-electron chi connectivity index (χ3n) is 4.04. The molecule has 130 valence electrons. The quantitative estimate of drug-likeness (QED) is 0.323. The van der Waals surface area contributed by atoms with E-state index in [9.17, 15) is 4.79 Å². The van der Waals surface area contributed by atoms with Crippen LogP contribution in [0.2, 0.25) is 0 Å². The van der Waals surface area contributed by atoms with E-state index in [-0.39, 0.29) is 5.56 Å². The number of hydrogen-bond acceptors (Lipinski definition) is 5. The molecule has 0 saturated heterocycles. The minimum atomic E-state index is -0.141. The fraction of sp³-hybridized carbons (Fsp3) is 0.158. The van der Waals surface area contributed by atoms with Gasteiger partial charge in [-0.25, -0.2) is 14.6 Å². The van der Waals surface area contributed by atoms with E-state index >= 15 is 0 Å². The zero-order chi connectivity index (χ0) is 17.8. The number of aromatic amines is 1. The summed E-state index contributed by atoms with van der Waals surface area (Å²) in [5.74, 6) is 1.24. The number of hydrogen-bond donors (Lipinski definition) is 1. The number of para-hydroxylation sites is 1. The van der Waals surface area contributed by atoms with E-state index in [1.54, 1.807) is 17.8 Å². The molecule has 0 aliphatic carbocycles. The highest BCUT2D eigenvalue weighted by Crippen LogP contribution is 2.21. The maximum Gasteiger partial charge on any atom is 0.269 e. The van der Waals surface area contributed by atoms with E-state index < -0.39 is 0 Å². The van der Waals surface area contributed by atoms with E-state index in [0.717, 1.165) is 18.6 Å². The van der Waals surface area contributed by atoms with Gasteiger partial charge in [0.15, 0.2) is 5.16 Å². The van der Waals surface area contributed by atoms with Crippen LogP contribution in [0.5, 0.6) is 0 Å². The van der Waals surface area contributed by atoms with Gasteiger partial charge in [-0.05, 0) is 30.5 Å². The molecule has 0 fully saturated rings. The molecule has 0 atom stereocenters. The molecule has 0 aliphatic rings. The first-order chi connectivity index (χ1) is 12.8. The Bertz CT molecular complexity index is 1060. The van der Waals surface area contributed by atoms with Crippen LogP contribution < -0.4 is 5.56 Å². The average molecular weight is 363 g/mol. The van der Waals surface area contributed by atoms with Gasteiger partial charge in [-0.15, -0.1) is 0 Å². The highest BCUT2D eigenvalue weighted by atomic mass is 32.2. The zero-order valence-electron chi connectivity index (χ0n) is 14.0. The van der Waals surface area contributed by atoms with Gasteiger partial charge in [0.05, 0.1) is 10.9 Å². The largest absolute Gasteiger partial charge is 0.269 e. The van der Waals surface area contributed by atoms with Gasteiger partial charge < -0.3 is 0 Å². The van der Waals surface area contributed by atoms with Crippen molar-refractivity contribution in [3.63, 3.8) is 0 Å². The van der Waals surface area contributed by atoms with Crippen molar-refractivity contribution >= 4 is 22.7 Å². The van der Waals surface area contributed by atoms with Crippen molar-refractivity contribution in [3.05, 3.63) is 76.8 Å². The highest BCUT2D eigenvalue weighted by Gasteiger charge is 2.14. The van der Waals surface area contributed by atoms with Crippen molar-refractivity contribution < 1.29 is 0 Å². The molecule has 0 radical (unpaired) electrons. The molecule has 4 aromatic rings. The summed E-state index contributed by atoms with van der Waals surface area (Å²) in [7, 11) is 0. The summed E-state index contributed by atoms with van der Waals surface area (Å²) < 4.78 is 1.50. The summed E-state index contributed by atoms with van der Waals surface area (Å²) in [5.41, 5.74) is 1.86. The normalized spacial score (nSPS) is 11.1.